The summed E-state index contributed by atoms with van der Waals surface area (Å²) in [6.07, 6.45) is 4.34. The molecule has 3 aromatic rings. The molecule has 25 heavy (non-hydrogen) atoms. The van der Waals surface area contributed by atoms with E-state index in [1.165, 1.54) is 17.7 Å². The first-order valence-electron chi connectivity index (χ1n) is 8.30. The van der Waals surface area contributed by atoms with Gasteiger partial charge < -0.3 is 0 Å². The van der Waals surface area contributed by atoms with Gasteiger partial charge in [0.15, 0.2) is 0 Å². The van der Waals surface area contributed by atoms with Gasteiger partial charge in [-0.15, -0.1) is 0 Å². The van der Waals surface area contributed by atoms with Crippen LogP contribution < -0.4 is 0 Å². The van der Waals surface area contributed by atoms with E-state index in [2.05, 4.69) is 22.0 Å². The minimum absolute atomic E-state index is 0.360. The Morgan fingerprint density at radius 3 is 2.32 bits per heavy atom. The highest BCUT2D eigenvalue weighted by Crippen LogP contribution is 2.15. The molecule has 3 rings (SSSR count). The number of aromatic nitrogens is 1. The predicted octanol–water partition coefficient (Wildman–Crippen LogP) is 4.60. The van der Waals surface area contributed by atoms with Gasteiger partial charge in [-0.3, -0.25) is 9.88 Å². The van der Waals surface area contributed by atoms with Crippen molar-refractivity contribution in [3.63, 3.8) is 0 Å². The zero-order valence-electron chi connectivity index (χ0n) is 13.9. The Kier molecular flexibility index (Phi) is 5.86. The molecular weight excluding hydrogens is 318 g/mol. The van der Waals surface area contributed by atoms with Gasteiger partial charge in [-0.25, -0.2) is 8.78 Å². The van der Waals surface area contributed by atoms with E-state index in [-0.39, 0.29) is 5.82 Å². The van der Waals surface area contributed by atoms with Crippen molar-refractivity contribution < 1.29 is 8.78 Å². The Balaban J connectivity index is 1.74. The van der Waals surface area contributed by atoms with E-state index < -0.39 is 5.82 Å². The molecule has 0 saturated carbocycles. The van der Waals surface area contributed by atoms with Gasteiger partial charge in [0.2, 0.25) is 0 Å². The maximum Gasteiger partial charge on any atom is 0.127 e. The lowest BCUT2D eigenvalue weighted by atomic mass is 10.1. The molecule has 0 unspecified atom stereocenters. The molecule has 0 fully saturated rings. The molecule has 1 aromatic heterocycles. The molecule has 0 amide bonds. The molecule has 0 atom stereocenters. The van der Waals surface area contributed by atoms with Crippen LogP contribution in [0, 0.1) is 11.6 Å². The topological polar surface area (TPSA) is 16.1 Å². The van der Waals surface area contributed by atoms with E-state index in [0.717, 1.165) is 24.6 Å². The quantitative estimate of drug-likeness (QED) is 0.626. The zero-order valence-corrected chi connectivity index (χ0v) is 13.9. The summed E-state index contributed by atoms with van der Waals surface area (Å²) in [5, 5.41) is 0. The molecular formula is C21H20F2N2. The number of hydrogen-bond donors (Lipinski definition) is 0. The lowest BCUT2D eigenvalue weighted by Crippen LogP contribution is -2.26. The first kappa shape index (κ1) is 17.2. The minimum Gasteiger partial charge on any atom is -0.294 e. The van der Waals surface area contributed by atoms with Crippen LogP contribution in [0.5, 0.6) is 0 Å². The van der Waals surface area contributed by atoms with Crippen LogP contribution in [0.1, 0.15) is 16.7 Å². The second-order valence-electron chi connectivity index (χ2n) is 6.04. The minimum atomic E-state index is -0.414. The fourth-order valence-electron chi connectivity index (χ4n) is 2.80. The van der Waals surface area contributed by atoms with Gasteiger partial charge in [-0.2, -0.15) is 0 Å². The summed E-state index contributed by atoms with van der Waals surface area (Å²) < 4.78 is 27.5. The number of rotatable bonds is 7. The van der Waals surface area contributed by atoms with Crippen molar-refractivity contribution in [1.82, 2.24) is 9.88 Å². The van der Waals surface area contributed by atoms with E-state index in [4.69, 9.17) is 0 Å². The molecule has 0 N–H and O–H groups in total. The lowest BCUT2D eigenvalue weighted by Gasteiger charge is -2.23. The maximum atomic E-state index is 14.0. The molecule has 0 spiro atoms. The van der Waals surface area contributed by atoms with E-state index in [1.54, 1.807) is 12.4 Å². The molecule has 4 heteroatoms. The van der Waals surface area contributed by atoms with E-state index >= 15 is 0 Å². The molecule has 0 radical (unpaired) electrons. The van der Waals surface area contributed by atoms with Crippen LogP contribution in [0.3, 0.4) is 0 Å². The first-order valence-corrected chi connectivity index (χ1v) is 8.30. The number of pyridine rings is 1. The smallest absolute Gasteiger partial charge is 0.127 e. The highest BCUT2D eigenvalue weighted by Gasteiger charge is 2.12. The van der Waals surface area contributed by atoms with Gasteiger partial charge in [-0.1, -0.05) is 30.3 Å². The molecule has 2 aromatic carbocycles. The summed E-state index contributed by atoms with van der Waals surface area (Å²) in [4.78, 5) is 6.15. The number of benzene rings is 2. The van der Waals surface area contributed by atoms with Crippen molar-refractivity contribution >= 4 is 0 Å². The average molecular weight is 338 g/mol. The molecule has 128 valence electrons. The molecule has 0 aliphatic carbocycles. The molecule has 0 saturated heterocycles. The third kappa shape index (κ3) is 5.19. The summed E-state index contributed by atoms with van der Waals surface area (Å²) in [5.41, 5.74) is 2.70. The highest BCUT2D eigenvalue weighted by atomic mass is 19.1. The van der Waals surface area contributed by atoms with Crippen LogP contribution in [-0.2, 0) is 19.5 Å². The summed E-state index contributed by atoms with van der Waals surface area (Å²) in [5.74, 6) is -0.788. The van der Waals surface area contributed by atoms with Crippen molar-refractivity contribution in [2.45, 2.75) is 19.5 Å². The summed E-state index contributed by atoms with van der Waals surface area (Å²) in [7, 11) is 0. The van der Waals surface area contributed by atoms with E-state index in [1.807, 2.05) is 30.3 Å². The third-order valence-corrected chi connectivity index (χ3v) is 4.12. The fraction of sp³-hybridized carbons (Fsp3) is 0.190. The lowest BCUT2D eigenvalue weighted by molar-refractivity contribution is 0.256. The Hall–Kier alpha value is -2.59. The van der Waals surface area contributed by atoms with Crippen molar-refractivity contribution in [1.29, 1.82) is 0 Å². The predicted molar refractivity (Wildman–Crippen MR) is 94.9 cm³/mol. The zero-order chi connectivity index (χ0) is 17.5. The van der Waals surface area contributed by atoms with E-state index in [0.29, 0.717) is 18.7 Å². The second kappa shape index (κ2) is 8.49. The number of nitrogens with zero attached hydrogens (tertiary/aromatic N) is 2. The Bertz CT molecular complexity index is 792. The van der Waals surface area contributed by atoms with Crippen molar-refractivity contribution in [2.24, 2.45) is 0 Å². The number of halogens is 2. The summed E-state index contributed by atoms with van der Waals surface area (Å²) >= 11 is 0. The standard InChI is InChI=1S/C21H20F2N2/c22-20-6-7-21(23)19(14-20)16-25(15-18-8-11-24-12-9-18)13-10-17-4-2-1-3-5-17/h1-9,11-12,14H,10,13,15-16H2. The van der Waals surface area contributed by atoms with Gasteiger partial charge in [0.1, 0.15) is 11.6 Å². The largest absolute Gasteiger partial charge is 0.294 e. The van der Waals surface area contributed by atoms with Crippen LogP contribution in [0.25, 0.3) is 0 Å². The van der Waals surface area contributed by atoms with Crippen molar-refractivity contribution in [2.75, 3.05) is 6.54 Å². The van der Waals surface area contributed by atoms with Crippen LogP contribution in [-0.4, -0.2) is 16.4 Å². The monoisotopic (exact) mass is 338 g/mol. The van der Waals surface area contributed by atoms with Crippen LogP contribution in [0.2, 0.25) is 0 Å². The van der Waals surface area contributed by atoms with Crippen LogP contribution in [0.15, 0.2) is 73.1 Å². The molecule has 0 bridgehead atoms. The van der Waals surface area contributed by atoms with Gasteiger partial charge >= 0.3 is 0 Å². The Labute approximate surface area is 146 Å². The molecule has 0 aliphatic rings. The second-order valence-corrected chi connectivity index (χ2v) is 6.04. The molecule has 1 heterocycles. The highest BCUT2D eigenvalue weighted by molar-refractivity contribution is 5.20. The fourth-order valence-corrected chi connectivity index (χ4v) is 2.80. The van der Waals surface area contributed by atoms with Gasteiger partial charge in [0, 0.05) is 37.6 Å². The summed E-state index contributed by atoms with van der Waals surface area (Å²) in [6.45, 7) is 1.77. The first-order chi connectivity index (χ1) is 12.2. The van der Waals surface area contributed by atoms with Gasteiger partial charge in [-0.05, 0) is 47.9 Å². The van der Waals surface area contributed by atoms with Crippen molar-refractivity contribution in [3.8, 4) is 0 Å². The summed E-state index contributed by atoms with van der Waals surface area (Å²) in [6, 6.07) is 17.7. The Morgan fingerprint density at radius 2 is 1.56 bits per heavy atom. The maximum absolute atomic E-state index is 14.0. The third-order valence-electron chi connectivity index (χ3n) is 4.12. The SMILES string of the molecule is Fc1ccc(F)c(CN(CCc2ccccc2)Cc2ccncc2)c1. The van der Waals surface area contributed by atoms with Gasteiger partial charge in [0.25, 0.3) is 0 Å². The van der Waals surface area contributed by atoms with Gasteiger partial charge in [0.05, 0.1) is 0 Å². The van der Waals surface area contributed by atoms with Crippen LogP contribution >= 0.6 is 0 Å². The van der Waals surface area contributed by atoms with Crippen LogP contribution in [0.4, 0.5) is 8.78 Å². The van der Waals surface area contributed by atoms with Crippen molar-refractivity contribution in [3.05, 3.63) is 101 Å². The number of hydrogen-bond acceptors (Lipinski definition) is 2. The average Bonchev–Trinajstić information content (AvgIpc) is 2.64. The molecule has 0 aliphatic heterocycles. The van der Waals surface area contributed by atoms with E-state index in [9.17, 15) is 8.78 Å². The normalized spacial score (nSPS) is 11.0. The molecule has 2 nitrogen and oxygen atoms in total. The Morgan fingerprint density at radius 1 is 0.800 bits per heavy atom.